The van der Waals surface area contributed by atoms with Gasteiger partial charge in [0.2, 0.25) is 0 Å². The Morgan fingerprint density at radius 1 is 1.55 bits per heavy atom. The van der Waals surface area contributed by atoms with Gasteiger partial charge in [-0.05, 0) is 20.4 Å². The van der Waals surface area contributed by atoms with Crippen LogP contribution in [0, 0.1) is 0 Å². The summed E-state index contributed by atoms with van der Waals surface area (Å²) in [5, 5.41) is 8.44. The molecule has 114 valence electrons. The van der Waals surface area contributed by atoms with E-state index in [-0.39, 0.29) is 12.1 Å². The summed E-state index contributed by atoms with van der Waals surface area (Å²) in [5.74, 6) is 0. The van der Waals surface area contributed by atoms with E-state index in [4.69, 9.17) is 16.3 Å². The molecular formula is C14H25ClN4O. The van der Waals surface area contributed by atoms with E-state index < -0.39 is 0 Å². The SMILES string of the molecule is CCNC(c1c(Cl)cnn1C)C1CN(C(C)C)CCO1. The monoisotopic (exact) mass is 300 g/mol. The molecule has 1 N–H and O–H groups in total. The molecule has 1 aliphatic heterocycles. The van der Waals surface area contributed by atoms with Crippen molar-refractivity contribution in [2.24, 2.45) is 7.05 Å². The van der Waals surface area contributed by atoms with Crippen molar-refractivity contribution in [3.05, 3.63) is 16.9 Å². The number of aromatic nitrogens is 2. The standard InChI is InChI=1S/C14H25ClN4O/c1-5-16-13(14-11(15)8-17-18(14)4)12-9-19(10(2)3)6-7-20-12/h8,10,12-13,16H,5-7,9H2,1-4H3. The lowest BCUT2D eigenvalue weighted by Crippen LogP contribution is -2.50. The molecule has 0 radical (unpaired) electrons. The number of aryl methyl sites for hydroxylation is 1. The second kappa shape index (κ2) is 6.89. The highest BCUT2D eigenvalue weighted by Crippen LogP contribution is 2.28. The summed E-state index contributed by atoms with van der Waals surface area (Å²) in [4.78, 5) is 2.45. The highest BCUT2D eigenvalue weighted by atomic mass is 35.5. The first kappa shape index (κ1) is 15.8. The zero-order valence-corrected chi connectivity index (χ0v) is 13.5. The van der Waals surface area contributed by atoms with Gasteiger partial charge in [-0.2, -0.15) is 5.10 Å². The van der Waals surface area contributed by atoms with Crippen molar-refractivity contribution in [2.45, 2.75) is 39.0 Å². The minimum atomic E-state index is 0.0709. The second-order valence-electron chi connectivity index (χ2n) is 5.53. The van der Waals surface area contributed by atoms with Crippen LogP contribution in [0.2, 0.25) is 5.02 Å². The van der Waals surface area contributed by atoms with Gasteiger partial charge in [0.15, 0.2) is 0 Å². The number of halogens is 1. The molecule has 0 aromatic carbocycles. The number of likely N-dealkylation sites (N-methyl/N-ethyl adjacent to an activating group) is 1. The molecular weight excluding hydrogens is 276 g/mol. The van der Waals surface area contributed by atoms with Crippen LogP contribution in [0.3, 0.4) is 0 Å². The van der Waals surface area contributed by atoms with Crippen LogP contribution in [-0.2, 0) is 11.8 Å². The Labute approximate surface area is 126 Å². The Kier molecular flexibility index (Phi) is 5.43. The second-order valence-corrected chi connectivity index (χ2v) is 5.94. The summed E-state index contributed by atoms with van der Waals surface area (Å²) in [5.41, 5.74) is 1.00. The number of nitrogens with zero attached hydrogens (tertiary/aromatic N) is 3. The molecule has 5 nitrogen and oxygen atoms in total. The van der Waals surface area contributed by atoms with Gasteiger partial charge in [0.25, 0.3) is 0 Å². The first-order valence-electron chi connectivity index (χ1n) is 7.31. The maximum atomic E-state index is 6.30. The molecule has 1 aromatic heterocycles. The van der Waals surface area contributed by atoms with E-state index in [1.54, 1.807) is 6.20 Å². The van der Waals surface area contributed by atoms with Gasteiger partial charge in [-0.1, -0.05) is 18.5 Å². The van der Waals surface area contributed by atoms with Crippen LogP contribution >= 0.6 is 11.6 Å². The Hall–Kier alpha value is -0.620. The Bertz CT molecular complexity index is 415. The van der Waals surface area contributed by atoms with Gasteiger partial charge in [-0.25, -0.2) is 0 Å². The fourth-order valence-corrected chi connectivity index (χ4v) is 3.04. The molecule has 0 bridgehead atoms. The molecule has 2 rings (SSSR count). The van der Waals surface area contributed by atoms with E-state index in [1.807, 2.05) is 11.7 Å². The number of morpholine rings is 1. The van der Waals surface area contributed by atoms with Gasteiger partial charge in [-0.3, -0.25) is 9.58 Å². The molecule has 2 atom stereocenters. The van der Waals surface area contributed by atoms with E-state index in [0.29, 0.717) is 11.1 Å². The first-order chi connectivity index (χ1) is 9.54. The van der Waals surface area contributed by atoms with Gasteiger partial charge in [-0.15, -0.1) is 0 Å². The molecule has 0 aliphatic carbocycles. The van der Waals surface area contributed by atoms with Crippen LogP contribution < -0.4 is 5.32 Å². The molecule has 1 aliphatic rings. The number of rotatable bonds is 5. The third-order valence-corrected chi connectivity index (χ3v) is 4.17. The van der Waals surface area contributed by atoms with Gasteiger partial charge < -0.3 is 10.1 Å². The van der Waals surface area contributed by atoms with Gasteiger partial charge >= 0.3 is 0 Å². The smallest absolute Gasteiger partial charge is 0.0912 e. The van der Waals surface area contributed by atoms with Crippen LogP contribution in [0.15, 0.2) is 6.20 Å². The molecule has 0 amide bonds. The van der Waals surface area contributed by atoms with Crippen molar-refractivity contribution < 1.29 is 4.74 Å². The highest BCUT2D eigenvalue weighted by Gasteiger charge is 2.32. The zero-order valence-electron chi connectivity index (χ0n) is 12.8. The predicted octanol–water partition coefficient (Wildman–Crippen LogP) is 1.83. The van der Waals surface area contributed by atoms with Crippen molar-refractivity contribution >= 4 is 11.6 Å². The van der Waals surface area contributed by atoms with E-state index in [2.05, 4.69) is 36.1 Å². The van der Waals surface area contributed by atoms with Crippen LogP contribution in [0.25, 0.3) is 0 Å². The lowest BCUT2D eigenvalue weighted by Gasteiger charge is -2.39. The lowest BCUT2D eigenvalue weighted by atomic mass is 10.0. The average molecular weight is 301 g/mol. The average Bonchev–Trinajstić information content (AvgIpc) is 2.76. The maximum Gasteiger partial charge on any atom is 0.0912 e. The number of hydrogen-bond acceptors (Lipinski definition) is 4. The molecule has 1 fully saturated rings. The van der Waals surface area contributed by atoms with E-state index in [1.165, 1.54) is 0 Å². The summed E-state index contributed by atoms with van der Waals surface area (Å²) >= 11 is 6.30. The summed E-state index contributed by atoms with van der Waals surface area (Å²) in [6.45, 7) is 10.1. The third-order valence-electron chi connectivity index (χ3n) is 3.88. The van der Waals surface area contributed by atoms with Crippen LogP contribution in [0.4, 0.5) is 0 Å². The zero-order chi connectivity index (χ0) is 14.7. The van der Waals surface area contributed by atoms with Crippen LogP contribution in [0.5, 0.6) is 0 Å². The summed E-state index contributed by atoms with van der Waals surface area (Å²) in [6, 6.07) is 0.604. The fraction of sp³-hybridized carbons (Fsp3) is 0.786. The maximum absolute atomic E-state index is 6.30. The van der Waals surface area contributed by atoms with Crippen molar-refractivity contribution in [1.82, 2.24) is 20.0 Å². The molecule has 2 heterocycles. The molecule has 6 heteroatoms. The molecule has 1 aromatic rings. The lowest BCUT2D eigenvalue weighted by molar-refractivity contribution is -0.0569. The van der Waals surface area contributed by atoms with Crippen molar-refractivity contribution in [2.75, 3.05) is 26.2 Å². The number of nitrogens with one attached hydrogen (secondary N) is 1. The van der Waals surface area contributed by atoms with Gasteiger partial charge in [0.05, 0.1) is 35.7 Å². The molecule has 1 saturated heterocycles. The van der Waals surface area contributed by atoms with E-state index in [0.717, 1.165) is 31.9 Å². The quantitative estimate of drug-likeness (QED) is 0.901. The first-order valence-corrected chi connectivity index (χ1v) is 7.68. The fourth-order valence-electron chi connectivity index (χ4n) is 2.76. The van der Waals surface area contributed by atoms with E-state index in [9.17, 15) is 0 Å². The van der Waals surface area contributed by atoms with Gasteiger partial charge in [0, 0.05) is 26.2 Å². The van der Waals surface area contributed by atoms with E-state index >= 15 is 0 Å². The Morgan fingerprint density at radius 2 is 2.30 bits per heavy atom. The molecule has 0 saturated carbocycles. The van der Waals surface area contributed by atoms with Crippen LogP contribution in [-0.4, -0.2) is 53.1 Å². The highest BCUT2D eigenvalue weighted by molar-refractivity contribution is 6.31. The minimum absolute atomic E-state index is 0.0709. The minimum Gasteiger partial charge on any atom is -0.374 e. The molecule has 2 unspecified atom stereocenters. The van der Waals surface area contributed by atoms with Crippen LogP contribution in [0.1, 0.15) is 32.5 Å². The largest absolute Gasteiger partial charge is 0.374 e. The van der Waals surface area contributed by atoms with Gasteiger partial charge in [0.1, 0.15) is 0 Å². The number of hydrogen-bond donors (Lipinski definition) is 1. The summed E-state index contributed by atoms with van der Waals surface area (Å²) < 4.78 is 7.84. The van der Waals surface area contributed by atoms with Crippen molar-refractivity contribution in [3.8, 4) is 0 Å². The Balaban J connectivity index is 2.20. The molecule has 20 heavy (non-hydrogen) atoms. The normalized spacial score (nSPS) is 22.4. The molecule has 0 spiro atoms. The summed E-state index contributed by atoms with van der Waals surface area (Å²) in [6.07, 6.45) is 1.79. The predicted molar refractivity (Wildman–Crippen MR) is 81.1 cm³/mol. The third kappa shape index (κ3) is 3.34. The van der Waals surface area contributed by atoms with Crippen molar-refractivity contribution in [1.29, 1.82) is 0 Å². The summed E-state index contributed by atoms with van der Waals surface area (Å²) in [7, 11) is 1.93. The Morgan fingerprint density at radius 3 is 2.85 bits per heavy atom. The van der Waals surface area contributed by atoms with Crippen molar-refractivity contribution in [3.63, 3.8) is 0 Å². The number of ether oxygens (including phenoxy) is 1. The topological polar surface area (TPSA) is 42.3 Å².